The Kier molecular flexibility index (Phi) is 13.6. The number of Topliss-reactive ketones (excluding diaryl/α,β-unsaturated/α-hetero) is 1. The first-order valence-corrected chi connectivity index (χ1v) is 22.1. The van der Waals surface area contributed by atoms with E-state index in [1.165, 1.54) is 32.9 Å². The summed E-state index contributed by atoms with van der Waals surface area (Å²) in [6.07, 6.45) is -2.54. The maximum Gasteiger partial charge on any atom is 1.00 e. The zero-order chi connectivity index (χ0) is 45.6. The molecule has 2 saturated carbocycles. The second-order valence-electron chi connectivity index (χ2n) is 18.6. The quantitative estimate of drug-likeness (QED) is 0.142. The number of rotatable bonds is 8. The summed E-state index contributed by atoms with van der Waals surface area (Å²) >= 11 is 0. The number of ketones is 1. The normalized spacial score (nSPS) is 21.9. The molecule has 0 unspecified atom stereocenters. The third kappa shape index (κ3) is 9.21. The molecule has 0 spiro atoms. The van der Waals surface area contributed by atoms with Crippen LogP contribution < -0.4 is 18.9 Å². The molecule has 2 aliphatic heterocycles. The molecule has 2 N–H and O–H groups in total. The number of aromatic carboxylic acids is 1. The number of hydrogen-bond donors (Lipinski definition) is 1. The minimum absolute atomic E-state index is 0. The molecule has 2 aromatic carbocycles. The number of carboxylic acids is 1. The van der Waals surface area contributed by atoms with Crippen molar-refractivity contribution in [3.05, 3.63) is 104 Å². The average Bonchev–Trinajstić information content (AvgIpc) is 3.99. The van der Waals surface area contributed by atoms with Crippen LogP contribution >= 0.6 is 0 Å². The van der Waals surface area contributed by atoms with Gasteiger partial charge in [0, 0.05) is 55.6 Å². The largest absolute Gasteiger partial charge is 1.00 e. The van der Waals surface area contributed by atoms with Gasteiger partial charge in [-0.15, -0.1) is 0 Å². The molecule has 4 heterocycles. The molecule has 0 bridgehead atoms. The van der Waals surface area contributed by atoms with Gasteiger partial charge in [-0.1, -0.05) is 24.3 Å². The van der Waals surface area contributed by atoms with Gasteiger partial charge in [-0.3, -0.25) is 23.7 Å². The fraction of sp³-hybridized carbons (Fsp3) is 0.532. The first-order chi connectivity index (χ1) is 30.3. The number of carbonyl (C=O) groups is 4. The number of fused-ring (bicyclic) bond motifs is 6. The molecule has 348 valence electrons. The summed E-state index contributed by atoms with van der Waals surface area (Å²) in [5.74, 6) is 0.452. The summed E-state index contributed by atoms with van der Waals surface area (Å²) in [6, 6.07) is 8.67. The Balaban J connectivity index is 0.000000191. The predicted octanol–water partition coefficient (Wildman–Crippen LogP) is 5.28. The molecule has 19 heteroatoms. The molecule has 12 nitrogen and oxygen atoms in total. The molecule has 6 aliphatic rings. The molecule has 66 heavy (non-hydrogen) atoms. The van der Waals surface area contributed by atoms with Gasteiger partial charge in [-0.25, -0.2) is 4.79 Å². The van der Waals surface area contributed by atoms with Gasteiger partial charge in [0.05, 0.1) is 11.1 Å². The summed E-state index contributed by atoms with van der Waals surface area (Å²) in [4.78, 5) is 52.9. The monoisotopic (exact) mass is 916 g/mol. The standard InChI is InChI=1S/C24H26F3N3O2.C23H24F3N3O3.Li.H2O/c1-13-17(4-3-5-19(13)24(25,26)27)15-6-8-29(9-7-15)21(32)12-30-20-11-16-10-18(16)22(20)23(28-30)14(2)31;1-12-15(3-2-4-17(12)23(24,25)26)13-5-7-28(8-6-13)19(30)11-29-18-10-14-9-16(14)20(18)21(27-29)22(31)32;;/h3-5,15-16,18H,6-12H2,1-2H3;2-4,13-14,16H,5-11H2,1H3,(H,31,32);;1H2/q;;+1;/p-1/t16-,18-;14-,16-;;/m11../s1. The Hall–Kier alpha value is -4.92. The fourth-order valence-corrected chi connectivity index (χ4v) is 11.2. The van der Waals surface area contributed by atoms with E-state index in [4.69, 9.17) is 0 Å². The van der Waals surface area contributed by atoms with Gasteiger partial charge in [0.25, 0.3) is 0 Å². The molecular formula is C47H51F6LiN6O6. The summed E-state index contributed by atoms with van der Waals surface area (Å²) in [5.41, 5.74) is 5.10. The number of amides is 2. The van der Waals surface area contributed by atoms with Gasteiger partial charge in [0.2, 0.25) is 11.8 Å². The number of likely N-dealkylation sites (tertiary alicyclic amines) is 2. The molecule has 2 amide bonds. The third-order valence-electron chi connectivity index (χ3n) is 14.7. The van der Waals surface area contributed by atoms with Gasteiger partial charge in [0.15, 0.2) is 11.5 Å². The molecule has 4 fully saturated rings. The Bertz CT molecular complexity index is 2380. The van der Waals surface area contributed by atoms with Crippen LogP contribution in [0.15, 0.2) is 36.4 Å². The number of alkyl halides is 6. The first-order valence-electron chi connectivity index (χ1n) is 22.1. The zero-order valence-corrected chi connectivity index (χ0v) is 37.3. The van der Waals surface area contributed by atoms with Crippen molar-refractivity contribution in [3.8, 4) is 0 Å². The molecule has 2 saturated heterocycles. The Labute approximate surface area is 389 Å². The van der Waals surface area contributed by atoms with E-state index >= 15 is 0 Å². The summed E-state index contributed by atoms with van der Waals surface area (Å²) in [7, 11) is 0. The number of carbonyl (C=O) groups excluding carboxylic acids is 3. The van der Waals surface area contributed by atoms with Crippen LogP contribution in [0.2, 0.25) is 0 Å². The predicted molar refractivity (Wildman–Crippen MR) is 222 cm³/mol. The number of aromatic nitrogens is 4. The van der Waals surface area contributed by atoms with E-state index in [2.05, 4.69) is 10.2 Å². The molecular weight excluding hydrogens is 865 g/mol. The number of halogens is 6. The Morgan fingerprint density at radius 2 is 1.03 bits per heavy atom. The van der Waals surface area contributed by atoms with Crippen molar-refractivity contribution in [1.29, 1.82) is 0 Å². The zero-order valence-electron chi connectivity index (χ0n) is 37.3. The number of hydrogen-bond acceptors (Lipinski definition) is 7. The van der Waals surface area contributed by atoms with Gasteiger partial charge >= 0.3 is 37.2 Å². The van der Waals surface area contributed by atoms with E-state index in [0.717, 1.165) is 65.9 Å². The van der Waals surface area contributed by atoms with Crippen LogP contribution in [0.25, 0.3) is 0 Å². The van der Waals surface area contributed by atoms with Crippen LogP contribution in [0.5, 0.6) is 0 Å². The first kappa shape index (κ1) is 49.0. The molecule has 4 aliphatic carbocycles. The smallest absolute Gasteiger partial charge is 0.870 e. The summed E-state index contributed by atoms with van der Waals surface area (Å²) in [6.45, 7) is 6.61. The van der Waals surface area contributed by atoms with E-state index in [9.17, 15) is 50.6 Å². The molecule has 10 rings (SSSR count). The van der Waals surface area contributed by atoms with E-state index in [1.54, 1.807) is 31.3 Å². The Morgan fingerprint density at radius 1 is 0.652 bits per heavy atom. The summed E-state index contributed by atoms with van der Waals surface area (Å²) in [5, 5.41) is 18.1. The van der Waals surface area contributed by atoms with Gasteiger partial charge in [-0.05, 0) is 135 Å². The fourth-order valence-electron chi connectivity index (χ4n) is 11.2. The SMILES string of the molecule is CC(=O)c1nn(CC(=O)N2CCC(c3cccc(C(F)(F)F)c3C)CC2)c2c1[C@@H]1C[C@@H]1C2.Cc1c(C2CCN(C(=O)Cn3nc(C(=O)O)c4c3C[C@H]3C[C@@H]43)CC2)cccc1C(F)(F)F.[Li+].[OH-]. The number of piperidine rings is 2. The number of carboxylic acid groups (broad SMARTS) is 1. The van der Waals surface area contributed by atoms with Crippen LogP contribution in [0.3, 0.4) is 0 Å². The van der Waals surface area contributed by atoms with Crippen LogP contribution in [-0.4, -0.2) is 89.7 Å². The minimum atomic E-state index is -4.38. The maximum atomic E-state index is 13.3. The van der Waals surface area contributed by atoms with Gasteiger partial charge in [-0.2, -0.15) is 36.5 Å². The van der Waals surface area contributed by atoms with Gasteiger partial charge < -0.3 is 20.4 Å². The molecule has 4 aromatic rings. The van der Waals surface area contributed by atoms with E-state index < -0.39 is 29.4 Å². The van der Waals surface area contributed by atoms with Crippen molar-refractivity contribution in [2.24, 2.45) is 11.8 Å². The van der Waals surface area contributed by atoms with Crippen molar-refractivity contribution in [2.75, 3.05) is 26.2 Å². The van der Waals surface area contributed by atoms with Crippen molar-refractivity contribution >= 4 is 23.6 Å². The maximum absolute atomic E-state index is 13.3. The van der Waals surface area contributed by atoms with E-state index in [0.29, 0.717) is 80.9 Å². The third-order valence-corrected chi connectivity index (χ3v) is 14.7. The summed E-state index contributed by atoms with van der Waals surface area (Å²) < 4.78 is 82.8. The van der Waals surface area contributed by atoms with Crippen LogP contribution in [0.1, 0.15) is 146 Å². The van der Waals surface area contributed by atoms with Crippen LogP contribution in [-0.2, 0) is 47.9 Å². The molecule has 2 aromatic heterocycles. The van der Waals surface area contributed by atoms with Crippen molar-refractivity contribution in [1.82, 2.24) is 29.4 Å². The Morgan fingerprint density at radius 3 is 1.39 bits per heavy atom. The second kappa shape index (κ2) is 18.3. The van der Waals surface area contributed by atoms with E-state index in [-0.39, 0.29) is 89.6 Å². The molecule has 0 radical (unpaired) electrons. The van der Waals surface area contributed by atoms with Crippen molar-refractivity contribution in [2.45, 2.75) is 121 Å². The molecule has 4 atom stereocenters. The average molecular weight is 917 g/mol. The topological polar surface area (TPSA) is 161 Å². The van der Waals surface area contributed by atoms with Crippen LogP contribution in [0.4, 0.5) is 26.3 Å². The number of nitrogens with zero attached hydrogens (tertiary/aromatic N) is 6. The van der Waals surface area contributed by atoms with E-state index in [1.807, 2.05) is 0 Å². The van der Waals surface area contributed by atoms with Crippen molar-refractivity contribution in [3.63, 3.8) is 0 Å². The van der Waals surface area contributed by atoms with Crippen molar-refractivity contribution < 1.29 is 75.0 Å². The van der Waals surface area contributed by atoms with Crippen LogP contribution in [0, 0.1) is 25.7 Å². The minimum Gasteiger partial charge on any atom is -0.870 e. The number of benzene rings is 2. The second-order valence-corrected chi connectivity index (χ2v) is 18.6. The van der Waals surface area contributed by atoms with Gasteiger partial charge in [0.1, 0.15) is 18.8 Å².